The first-order valence-electron chi connectivity index (χ1n) is 5.08. The van der Waals surface area contributed by atoms with Gasteiger partial charge in [-0.2, -0.15) is 5.10 Å². The molecule has 96 valence electrons. The van der Waals surface area contributed by atoms with Gasteiger partial charge in [0.25, 0.3) is 0 Å². The Hall–Kier alpha value is -1.41. The van der Waals surface area contributed by atoms with Crippen molar-refractivity contribution in [3.63, 3.8) is 0 Å². The van der Waals surface area contributed by atoms with E-state index in [1.807, 2.05) is 0 Å². The third kappa shape index (κ3) is 3.04. The van der Waals surface area contributed by atoms with Gasteiger partial charge in [-0.25, -0.2) is 13.1 Å². The van der Waals surface area contributed by atoms with Crippen LogP contribution < -0.4 is 10.5 Å². The zero-order valence-electron chi connectivity index (χ0n) is 10.1. The van der Waals surface area contributed by atoms with Gasteiger partial charge in [-0.1, -0.05) is 0 Å². The van der Waals surface area contributed by atoms with Crippen molar-refractivity contribution in [1.29, 1.82) is 5.41 Å². The summed E-state index contributed by atoms with van der Waals surface area (Å²) in [6, 6.07) is 0. The summed E-state index contributed by atoms with van der Waals surface area (Å²) in [5, 5.41) is 11.1. The van der Waals surface area contributed by atoms with Crippen molar-refractivity contribution < 1.29 is 8.42 Å². The largest absolute Gasteiger partial charge is 0.388 e. The molecule has 0 aromatic carbocycles. The highest BCUT2D eigenvalue weighted by Gasteiger charge is 2.23. The van der Waals surface area contributed by atoms with Crippen LogP contribution in [0.3, 0.4) is 0 Å². The highest BCUT2D eigenvalue weighted by atomic mass is 32.2. The van der Waals surface area contributed by atoms with Crippen LogP contribution in [0, 0.1) is 19.3 Å². The molecule has 1 aromatic rings. The molecule has 7 nitrogen and oxygen atoms in total. The van der Waals surface area contributed by atoms with Crippen LogP contribution in [-0.4, -0.2) is 30.6 Å². The second kappa shape index (κ2) is 4.84. The minimum absolute atomic E-state index is 0.0488. The minimum atomic E-state index is -3.58. The van der Waals surface area contributed by atoms with Crippen LogP contribution in [-0.2, 0) is 17.1 Å². The fourth-order valence-electron chi connectivity index (χ4n) is 1.54. The lowest BCUT2D eigenvalue weighted by atomic mass is 10.4. The van der Waals surface area contributed by atoms with Crippen molar-refractivity contribution in [2.75, 3.05) is 6.54 Å². The molecule has 0 aliphatic carbocycles. The number of nitrogens with one attached hydrogen (secondary N) is 2. The normalized spacial score (nSPS) is 11.7. The van der Waals surface area contributed by atoms with E-state index in [2.05, 4.69) is 9.82 Å². The monoisotopic (exact) mass is 259 g/mol. The number of nitrogens with two attached hydrogens (primary N) is 1. The van der Waals surface area contributed by atoms with E-state index in [9.17, 15) is 8.42 Å². The van der Waals surface area contributed by atoms with Crippen molar-refractivity contribution in [2.24, 2.45) is 12.8 Å². The molecule has 1 heterocycles. The van der Waals surface area contributed by atoms with Gasteiger partial charge in [0.15, 0.2) is 0 Å². The number of amidine groups is 1. The second-order valence-electron chi connectivity index (χ2n) is 3.80. The van der Waals surface area contributed by atoms with Gasteiger partial charge in [0.1, 0.15) is 4.90 Å². The summed E-state index contributed by atoms with van der Waals surface area (Å²) in [6.07, 6.45) is 0.192. The van der Waals surface area contributed by atoms with E-state index in [4.69, 9.17) is 11.1 Å². The highest BCUT2D eigenvalue weighted by Crippen LogP contribution is 2.17. The van der Waals surface area contributed by atoms with Gasteiger partial charge in [-0.3, -0.25) is 10.1 Å². The summed E-state index contributed by atoms with van der Waals surface area (Å²) < 4.78 is 27.9. The number of sulfonamides is 1. The Bertz CT molecular complexity index is 532. The Morgan fingerprint density at radius 1 is 1.53 bits per heavy atom. The van der Waals surface area contributed by atoms with E-state index in [1.165, 1.54) is 4.68 Å². The Balaban J connectivity index is 2.94. The molecule has 1 aromatic heterocycles. The van der Waals surface area contributed by atoms with Crippen LogP contribution >= 0.6 is 0 Å². The molecule has 0 bridgehead atoms. The zero-order valence-corrected chi connectivity index (χ0v) is 10.9. The van der Waals surface area contributed by atoms with Gasteiger partial charge in [0, 0.05) is 20.0 Å². The van der Waals surface area contributed by atoms with Crippen LogP contribution in [0.15, 0.2) is 4.90 Å². The van der Waals surface area contributed by atoms with Crippen LogP contribution in [0.25, 0.3) is 0 Å². The number of hydrogen-bond acceptors (Lipinski definition) is 4. The number of aromatic nitrogens is 2. The molecule has 8 heteroatoms. The molecule has 0 amide bonds. The summed E-state index contributed by atoms with van der Waals surface area (Å²) in [7, 11) is -1.89. The Kier molecular flexibility index (Phi) is 3.89. The van der Waals surface area contributed by atoms with Crippen LogP contribution in [0.2, 0.25) is 0 Å². The van der Waals surface area contributed by atoms with Crippen molar-refractivity contribution in [3.8, 4) is 0 Å². The SMILES string of the molecule is Cc1nn(C)c(C)c1S(=O)(=O)NCCC(=N)N. The minimum Gasteiger partial charge on any atom is -0.388 e. The van der Waals surface area contributed by atoms with Crippen molar-refractivity contribution in [3.05, 3.63) is 11.4 Å². The summed E-state index contributed by atoms with van der Waals surface area (Å²) in [4.78, 5) is 0.198. The molecule has 0 unspecified atom stereocenters. The maximum atomic E-state index is 12.0. The van der Waals surface area contributed by atoms with Gasteiger partial charge < -0.3 is 5.73 Å². The Morgan fingerprint density at radius 3 is 2.53 bits per heavy atom. The van der Waals surface area contributed by atoms with E-state index >= 15 is 0 Å². The number of aryl methyl sites for hydroxylation is 2. The second-order valence-corrected chi connectivity index (χ2v) is 5.50. The molecular weight excluding hydrogens is 242 g/mol. The lowest BCUT2D eigenvalue weighted by molar-refractivity contribution is 0.581. The van der Waals surface area contributed by atoms with Gasteiger partial charge in [-0.15, -0.1) is 0 Å². The summed E-state index contributed by atoms with van der Waals surface area (Å²) in [6.45, 7) is 3.46. The van der Waals surface area contributed by atoms with Crippen LogP contribution in [0.1, 0.15) is 17.8 Å². The fourth-order valence-corrected chi connectivity index (χ4v) is 3.00. The average Bonchev–Trinajstić information content (AvgIpc) is 2.40. The first-order valence-corrected chi connectivity index (χ1v) is 6.56. The molecule has 4 N–H and O–H groups in total. The summed E-state index contributed by atoms with van der Waals surface area (Å²) >= 11 is 0. The molecule has 0 aliphatic heterocycles. The van der Waals surface area contributed by atoms with E-state index in [0.29, 0.717) is 11.4 Å². The molecule has 0 saturated carbocycles. The Labute approximate surface area is 101 Å². The van der Waals surface area contributed by atoms with Crippen LogP contribution in [0.4, 0.5) is 0 Å². The predicted molar refractivity (Wildman–Crippen MR) is 64.4 cm³/mol. The topological polar surface area (TPSA) is 114 Å². The maximum Gasteiger partial charge on any atom is 0.244 e. The Morgan fingerprint density at radius 2 is 2.12 bits per heavy atom. The molecule has 17 heavy (non-hydrogen) atoms. The molecule has 0 aliphatic rings. The molecule has 0 spiro atoms. The lowest BCUT2D eigenvalue weighted by Gasteiger charge is -2.06. The van der Waals surface area contributed by atoms with E-state index < -0.39 is 10.0 Å². The first kappa shape index (κ1) is 13.7. The third-order valence-corrected chi connectivity index (χ3v) is 4.11. The van der Waals surface area contributed by atoms with Gasteiger partial charge in [0.2, 0.25) is 10.0 Å². The molecule has 0 fully saturated rings. The smallest absolute Gasteiger partial charge is 0.244 e. The zero-order chi connectivity index (χ0) is 13.2. The molecule has 0 radical (unpaired) electrons. The van der Waals surface area contributed by atoms with Gasteiger partial charge in [-0.05, 0) is 13.8 Å². The van der Waals surface area contributed by atoms with Crippen LogP contribution in [0.5, 0.6) is 0 Å². The van der Waals surface area contributed by atoms with Crippen molar-refractivity contribution in [1.82, 2.24) is 14.5 Å². The van der Waals surface area contributed by atoms with E-state index in [-0.39, 0.29) is 23.7 Å². The fraction of sp³-hybridized carbons (Fsp3) is 0.556. The summed E-state index contributed by atoms with van der Waals surface area (Å²) in [5.74, 6) is -0.0488. The highest BCUT2D eigenvalue weighted by molar-refractivity contribution is 7.89. The molecule has 1 rings (SSSR count). The number of hydrogen-bond donors (Lipinski definition) is 3. The number of rotatable bonds is 5. The van der Waals surface area contributed by atoms with E-state index in [0.717, 1.165) is 0 Å². The molecular formula is C9H17N5O2S. The standard InChI is InChI=1S/C9H17N5O2S/c1-6-9(7(2)14(3)13-6)17(15,16)12-5-4-8(10)11/h12H,4-5H2,1-3H3,(H3,10,11). The first-order chi connectivity index (χ1) is 7.75. The van der Waals surface area contributed by atoms with Crippen molar-refractivity contribution >= 4 is 15.9 Å². The molecule has 0 saturated heterocycles. The lowest BCUT2D eigenvalue weighted by Crippen LogP contribution is -2.28. The average molecular weight is 259 g/mol. The predicted octanol–water partition coefficient (Wildman–Crippen LogP) is -0.359. The quantitative estimate of drug-likeness (QED) is 0.495. The van der Waals surface area contributed by atoms with Crippen molar-refractivity contribution in [2.45, 2.75) is 25.2 Å². The van der Waals surface area contributed by atoms with Gasteiger partial charge in [0.05, 0.1) is 17.2 Å². The maximum absolute atomic E-state index is 12.0. The van der Waals surface area contributed by atoms with E-state index in [1.54, 1.807) is 20.9 Å². The van der Waals surface area contributed by atoms with Gasteiger partial charge >= 0.3 is 0 Å². The third-order valence-electron chi connectivity index (χ3n) is 2.40. The summed E-state index contributed by atoms with van der Waals surface area (Å²) in [5.41, 5.74) is 6.20. The molecule has 0 atom stereocenters. The number of nitrogens with zero attached hydrogens (tertiary/aromatic N) is 2.